The first kappa shape index (κ1) is 6.92. The van der Waals surface area contributed by atoms with Gasteiger partial charge in [-0.1, -0.05) is 6.08 Å². The number of hydrogen-bond acceptors (Lipinski definition) is 1. The minimum absolute atomic E-state index is 0.239. The molecule has 0 bridgehead atoms. The van der Waals surface area contributed by atoms with Gasteiger partial charge in [0.25, 0.3) is 0 Å². The topological polar surface area (TPSA) is 9.23 Å². The van der Waals surface area contributed by atoms with Gasteiger partial charge in [-0.05, 0) is 13.8 Å². The van der Waals surface area contributed by atoms with Crippen molar-refractivity contribution in [1.82, 2.24) is 0 Å². The summed E-state index contributed by atoms with van der Waals surface area (Å²) >= 11 is 0. The van der Waals surface area contributed by atoms with Crippen LogP contribution in [0, 0.1) is 0 Å². The highest BCUT2D eigenvalue weighted by molar-refractivity contribution is 5.98. The van der Waals surface area contributed by atoms with Gasteiger partial charge >= 0.3 is 0 Å². The molecule has 0 aliphatic carbocycles. The van der Waals surface area contributed by atoms with Crippen LogP contribution < -0.4 is 0 Å². The summed E-state index contributed by atoms with van der Waals surface area (Å²) in [5, 5.41) is 0. The zero-order chi connectivity index (χ0) is 5.91. The molecule has 0 aromatic rings. The van der Waals surface area contributed by atoms with Gasteiger partial charge in [-0.25, -0.2) is 0 Å². The van der Waals surface area contributed by atoms with Crippen LogP contribution in [0.4, 0.5) is 0 Å². The van der Waals surface area contributed by atoms with Gasteiger partial charge in [0.05, 0.1) is 5.60 Å². The van der Waals surface area contributed by atoms with Crippen molar-refractivity contribution in [1.29, 1.82) is 0 Å². The maximum atomic E-state index is 4.77. The molecule has 7 heavy (non-hydrogen) atoms. The molecule has 0 fully saturated rings. The molecule has 0 spiro atoms. The quantitative estimate of drug-likeness (QED) is 0.384. The second-order valence-electron chi connectivity index (χ2n) is 1.91. The summed E-state index contributed by atoms with van der Waals surface area (Å²) in [7, 11) is 2.90. The highest BCUT2D eigenvalue weighted by Gasteiger charge is 2.07. The third kappa shape index (κ3) is 2.59. The molecule has 0 amide bonds. The van der Waals surface area contributed by atoms with Crippen molar-refractivity contribution < 1.29 is 4.43 Å². The molecule has 2 heteroatoms. The summed E-state index contributed by atoms with van der Waals surface area (Å²) in [6.45, 7) is 7.37. The van der Waals surface area contributed by atoms with E-state index < -0.39 is 0 Å². The van der Waals surface area contributed by atoms with Crippen LogP contribution in [0.1, 0.15) is 13.8 Å². The lowest BCUT2D eigenvalue weighted by Gasteiger charge is -2.16. The van der Waals surface area contributed by atoms with Crippen molar-refractivity contribution in [3.63, 3.8) is 0 Å². The first-order valence-corrected chi connectivity index (χ1v) is 2.51. The van der Waals surface area contributed by atoms with E-state index in [0.29, 0.717) is 0 Å². The van der Waals surface area contributed by atoms with E-state index in [-0.39, 0.29) is 5.60 Å². The van der Waals surface area contributed by atoms with Crippen molar-refractivity contribution in [2.75, 3.05) is 0 Å². The Morgan fingerprint density at radius 1 is 1.71 bits per heavy atom. The van der Waals surface area contributed by atoms with Gasteiger partial charge in [0.15, 0.2) is 0 Å². The lowest BCUT2D eigenvalue weighted by atomic mass is 10.1. The Hall–Kier alpha value is -0.0831. The minimum atomic E-state index is -0.239. The van der Waals surface area contributed by atoms with Crippen LogP contribution in [0.25, 0.3) is 0 Å². The maximum Gasteiger partial charge on any atom is 0.247 e. The molecule has 0 aromatic heterocycles. The summed E-state index contributed by atoms with van der Waals surface area (Å²) in [5.41, 5.74) is -0.239. The lowest BCUT2D eigenvalue weighted by molar-refractivity contribution is 0.180. The van der Waals surface area contributed by atoms with Crippen molar-refractivity contribution in [2.24, 2.45) is 0 Å². The fourth-order valence-electron chi connectivity index (χ4n) is 0.0417. The largest absolute Gasteiger partial charge is 0.410 e. The molecule has 0 rings (SSSR count). The molecule has 0 N–H and O–H groups in total. The predicted octanol–water partition coefficient (Wildman–Crippen LogP) is 1.05. The summed E-state index contributed by atoms with van der Waals surface area (Å²) in [6.07, 6.45) is 1.72. The fraction of sp³-hybridized carbons (Fsp3) is 0.600. The fourth-order valence-corrected chi connectivity index (χ4v) is 0.125. The van der Waals surface area contributed by atoms with Crippen LogP contribution >= 0.6 is 0 Å². The van der Waals surface area contributed by atoms with Crippen LogP contribution in [-0.2, 0) is 4.43 Å². The van der Waals surface area contributed by atoms with Gasteiger partial charge in [-0.3, -0.25) is 0 Å². The second-order valence-corrected chi connectivity index (χ2v) is 2.11. The van der Waals surface area contributed by atoms with Gasteiger partial charge in [-0.15, -0.1) is 6.58 Å². The molecule has 0 aliphatic rings. The van der Waals surface area contributed by atoms with Crippen molar-refractivity contribution in [3.05, 3.63) is 12.7 Å². The van der Waals surface area contributed by atoms with Gasteiger partial charge < -0.3 is 4.43 Å². The molecular weight excluding hydrogens is 104 g/mol. The van der Waals surface area contributed by atoms with E-state index in [1.807, 2.05) is 13.8 Å². The molecule has 3 radical (unpaired) electrons. The average Bonchev–Trinajstić information content (AvgIpc) is 1.68. The predicted molar refractivity (Wildman–Crippen MR) is 31.1 cm³/mol. The first-order chi connectivity index (χ1) is 3.12. The molecule has 0 unspecified atom stereocenters. The van der Waals surface area contributed by atoms with Crippen LogP contribution in [-0.4, -0.2) is 16.1 Å². The smallest absolute Gasteiger partial charge is 0.247 e. The molecule has 1 nitrogen and oxygen atoms in total. The van der Waals surface area contributed by atoms with E-state index in [1.54, 1.807) is 6.08 Å². The normalized spacial score (nSPS) is 11.3. The lowest BCUT2D eigenvalue weighted by Crippen LogP contribution is -2.18. The Morgan fingerprint density at radius 3 is 2.14 bits per heavy atom. The van der Waals surface area contributed by atoms with E-state index in [9.17, 15) is 0 Å². The zero-order valence-electron chi connectivity index (χ0n) is 4.69. The molecule has 0 saturated heterocycles. The number of hydrogen-bond donors (Lipinski definition) is 0. The Bertz CT molecular complexity index is 68.5. The Balaban J connectivity index is 3.58. The zero-order valence-corrected chi connectivity index (χ0v) is 5.69. The molecular formula is C5H9OSi. The molecule has 39 valence electrons. The summed E-state index contributed by atoms with van der Waals surface area (Å²) in [5.74, 6) is 0. The summed E-state index contributed by atoms with van der Waals surface area (Å²) in [6, 6.07) is 0. The van der Waals surface area contributed by atoms with Gasteiger partial charge in [0.2, 0.25) is 10.5 Å². The van der Waals surface area contributed by atoms with E-state index in [4.69, 9.17) is 4.43 Å². The molecule has 0 atom stereocenters. The van der Waals surface area contributed by atoms with Crippen LogP contribution in [0.3, 0.4) is 0 Å². The third-order valence-electron chi connectivity index (χ3n) is 0.755. The first-order valence-electron chi connectivity index (χ1n) is 2.11. The minimum Gasteiger partial charge on any atom is -0.410 e. The molecule has 0 saturated carbocycles. The Morgan fingerprint density at radius 2 is 2.14 bits per heavy atom. The van der Waals surface area contributed by atoms with E-state index in [2.05, 4.69) is 17.1 Å². The summed E-state index contributed by atoms with van der Waals surface area (Å²) in [4.78, 5) is 0. The molecule has 0 aliphatic heterocycles. The standard InChI is InChI=1S/C5H9OSi/c1-4-5(2,3)6-7/h4H,1H2,2-3H3. The SMILES string of the molecule is C=CC(C)(C)O[Si]. The number of rotatable bonds is 2. The molecule has 0 aromatic carbocycles. The van der Waals surface area contributed by atoms with Crippen LogP contribution in [0.2, 0.25) is 0 Å². The van der Waals surface area contributed by atoms with Crippen molar-refractivity contribution in [2.45, 2.75) is 19.4 Å². The van der Waals surface area contributed by atoms with Crippen LogP contribution in [0.5, 0.6) is 0 Å². The van der Waals surface area contributed by atoms with E-state index in [1.165, 1.54) is 0 Å². The highest BCUT2D eigenvalue weighted by Crippen LogP contribution is 2.05. The highest BCUT2D eigenvalue weighted by atomic mass is 28.2. The Kier molecular flexibility index (Phi) is 2.26. The Labute approximate surface area is 47.9 Å². The van der Waals surface area contributed by atoms with E-state index in [0.717, 1.165) is 0 Å². The van der Waals surface area contributed by atoms with Gasteiger partial charge in [0.1, 0.15) is 0 Å². The summed E-state index contributed by atoms with van der Waals surface area (Å²) < 4.78 is 4.77. The van der Waals surface area contributed by atoms with Gasteiger partial charge in [-0.2, -0.15) is 0 Å². The van der Waals surface area contributed by atoms with Crippen LogP contribution in [0.15, 0.2) is 12.7 Å². The van der Waals surface area contributed by atoms with Crippen molar-refractivity contribution in [3.8, 4) is 0 Å². The van der Waals surface area contributed by atoms with E-state index >= 15 is 0 Å². The maximum absolute atomic E-state index is 4.77. The monoisotopic (exact) mass is 113 g/mol. The molecule has 0 heterocycles. The second kappa shape index (κ2) is 2.28. The average molecular weight is 113 g/mol. The third-order valence-corrected chi connectivity index (χ3v) is 1.28. The van der Waals surface area contributed by atoms with Crippen molar-refractivity contribution >= 4 is 10.5 Å². The van der Waals surface area contributed by atoms with Gasteiger partial charge in [0, 0.05) is 0 Å².